The summed E-state index contributed by atoms with van der Waals surface area (Å²) >= 11 is 12.6. The standard InChI is InChI=1S/C31H32Cl2FN3O4/c1-30(2,3)16-25-31(15-24(36-25)28(39)35-18-7-9-19(10-8-18)41-12-11-38)26-21(20-5-4-6-22(33)27(20)34)13-17(32)14-23(26)37-29(31)40/h4-10,13-14,24-25,36,38H,11-12,15-16H2,1-3H3,(H,35,39)(H,37,40)/t24-,25+,31+/m0/s1. The fourth-order valence-electron chi connectivity index (χ4n) is 5.93. The summed E-state index contributed by atoms with van der Waals surface area (Å²) in [4.78, 5) is 27.6. The van der Waals surface area contributed by atoms with Crippen LogP contribution in [0, 0.1) is 11.2 Å². The molecular weight excluding hydrogens is 568 g/mol. The third-order valence-electron chi connectivity index (χ3n) is 7.58. The van der Waals surface area contributed by atoms with Crippen molar-refractivity contribution >= 4 is 46.4 Å². The van der Waals surface area contributed by atoms with Crippen LogP contribution in [0.3, 0.4) is 0 Å². The van der Waals surface area contributed by atoms with Gasteiger partial charge in [0.25, 0.3) is 0 Å². The summed E-state index contributed by atoms with van der Waals surface area (Å²) in [5.41, 5.74) is 1.00. The Morgan fingerprint density at radius 3 is 2.56 bits per heavy atom. The van der Waals surface area contributed by atoms with Gasteiger partial charge in [-0.3, -0.25) is 9.59 Å². The van der Waals surface area contributed by atoms with Crippen LogP contribution in [0.1, 0.15) is 39.2 Å². The highest BCUT2D eigenvalue weighted by Crippen LogP contribution is 2.54. The summed E-state index contributed by atoms with van der Waals surface area (Å²) in [7, 11) is 0. The molecule has 3 atom stereocenters. The molecule has 5 rings (SSSR count). The first-order chi connectivity index (χ1) is 19.4. The zero-order valence-electron chi connectivity index (χ0n) is 23.0. The van der Waals surface area contributed by atoms with E-state index in [1.807, 2.05) is 0 Å². The van der Waals surface area contributed by atoms with Crippen molar-refractivity contribution in [3.63, 3.8) is 0 Å². The number of ether oxygens (including phenoxy) is 1. The van der Waals surface area contributed by atoms with Gasteiger partial charge < -0.3 is 25.8 Å². The van der Waals surface area contributed by atoms with Crippen LogP contribution < -0.4 is 20.7 Å². The Hall–Kier alpha value is -3.17. The quantitative estimate of drug-likeness (QED) is 0.260. The van der Waals surface area contributed by atoms with Crippen molar-refractivity contribution in [2.75, 3.05) is 23.8 Å². The van der Waals surface area contributed by atoms with Crippen molar-refractivity contribution in [2.45, 2.75) is 51.1 Å². The minimum atomic E-state index is -1.17. The Kier molecular flexibility index (Phi) is 8.05. The average molecular weight is 601 g/mol. The van der Waals surface area contributed by atoms with Crippen molar-refractivity contribution in [2.24, 2.45) is 5.41 Å². The first-order valence-electron chi connectivity index (χ1n) is 13.4. The van der Waals surface area contributed by atoms with Gasteiger partial charge in [-0.1, -0.05) is 56.1 Å². The molecule has 1 spiro atoms. The van der Waals surface area contributed by atoms with Gasteiger partial charge in [-0.05, 0) is 66.3 Å². The van der Waals surface area contributed by atoms with E-state index in [9.17, 15) is 9.59 Å². The van der Waals surface area contributed by atoms with Gasteiger partial charge in [-0.25, -0.2) is 4.39 Å². The lowest BCUT2D eigenvalue weighted by Crippen LogP contribution is -2.48. The molecule has 0 radical (unpaired) electrons. The van der Waals surface area contributed by atoms with Crippen LogP contribution >= 0.6 is 23.2 Å². The highest BCUT2D eigenvalue weighted by Gasteiger charge is 2.60. The summed E-state index contributed by atoms with van der Waals surface area (Å²) in [5, 5.41) is 18.6. The number of amides is 2. The maximum atomic E-state index is 15.4. The fraction of sp³-hybridized carbons (Fsp3) is 0.355. The summed E-state index contributed by atoms with van der Waals surface area (Å²) in [6, 6.07) is 13.7. The Bertz CT molecular complexity index is 1490. The number of benzene rings is 3. The minimum absolute atomic E-state index is 0.0385. The molecule has 0 unspecified atom stereocenters. The SMILES string of the molecule is CC(C)(C)C[C@H]1N[C@H](C(=O)Nc2ccc(OCCO)cc2)C[C@@]12C(=O)Nc1cc(Cl)cc(-c3cccc(Cl)c3F)c12. The Morgan fingerprint density at radius 1 is 1.15 bits per heavy atom. The molecule has 1 saturated heterocycles. The van der Waals surface area contributed by atoms with Gasteiger partial charge in [0.15, 0.2) is 0 Å². The lowest BCUT2D eigenvalue weighted by Gasteiger charge is -2.34. The van der Waals surface area contributed by atoms with Crippen LogP contribution in [0.4, 0.5) is 15.8 Å². The number of carbonyl (C=O) groups is 2. The number of nitrogens with one attached hydrogen (secondary N) is 3. The second-order valence-electron chi connectivity index (χ2n) is 11.7. The number of hydrogen-bond donors (Lipinski definition) is 4. The van der Waals surface area contributed by atoms with Crippen LogP contribution in [0.25, 0.3) is 11.1 Å². The van der Waals surface area contributed by atoms with Gasteiger partial charge >= 0.3 is 0 Å². The van der Waals surface area contributed by atoms with Crippen molar-refractivity contribution in [1.82, 2.24) is 5.32 Å². The molecule has 1 fully saturated rings. The zero-order valence-corrected chi connectivity index (χ0v) is 24.5. The Morgan fingerprint density at radius 2 is 1.88 bits per heavy atom. The molecule has 2 heterocycles. The molecule has 41 heavy (non-hydrogen) atoms. The van der Waals surface area contributed by atoms with Gasteiger partial charge in [0, 0.05) is 33.6 Å². The first kappa shape index (κ1) is 29.3. The Balaban J connectivity index is 1.55. The Labute approximate surface area is 248 Å². The van der Waals surface area contributed by atoms with Gasteiger partial charge in [0.05, 0.1) is 23.1 Å². The van der Waals surface area contributed by atoms with E-state index in [0.717, 1.165) is 0 Å². The largest absolute Gasteiger partial charge is 0.491 e. The maximum Gasteiger partial charge on any atom is 0.241 e. The minimum Gasteiger partial charge on any atom is -0.491 e. The molecule has 4 N–H and O–H groups in total. The van der Waals surface area contributed by atoms with Gasteiger partial charge in [0.2, 0.25) is 11.8 Å². The molecule has 216 valence electrons. The molecule has 0 aliphatic carbocycles. The molecule has 3 aromatic rings. The highest BCUT2D eigenvalue weighted by molar-refractivity contribution is 6.32. The lowest BCUT2D eigenvalue weighted by molar-refractivity contribution is -0.121. The molecule has 0 bridgehead atoms. The number of hydrogen-bond acceptors (Lipinski definition) is 5. The van der Waals surface area contributed by atoms with E-state index in [1.165, 1.54) is 6.07 Å². The number of aliphatic hydroxyl groups is 1. The molecule has 2 aliphatic heterocycles. The van der Waals surface area contributed by atoms with Crippen LogP contribution in [0.15, 0.2) is 54.6 Å². The third kappa shape index (κ3) is 5.66. The molecule has 7 nitrogen and oxygen atoms in total. The molecule has 2 aliphatic rings. The molecule has 2 amide bonds. The summed E-state index contributed by atoms with van der Waals surface area (Å²) in [5.74, 6) is -0.595. The normalized spacial score (nSPS) is 21.6. The second-order valence-corrected chi connectivity index (χ2v) is 12.6. The van der Waals surface area contributed by atoms with E-state index in [-0.39, 0.29) is 47.5 Å². The summed E-state index contributed by atoms with van der Waals surface area (Å²) < 4.78 is 20.8. The van der Waals surface area contributed by atoms with E-state index in [0.29, 0.717) is 39.7 Å². The predicted molar refractivity (Wildman–Crippen MR) is 159 cm³/mol. The van der Waals surface area contributed by atoms with Crippen molar-refractivity contribution < 1.29 is 23.8 Å². The van der Waals surface area contributed by atoms with E-state index in [1.54, 1.807) is 48.5 Å². The molecule has 0 aromatic heterocycles. The molecular formula is C31H32Cl2FN3O4. The molecule has 10 heteroatoms. The smallest absolute Gasteiger partial charge is 0.241 e. The van der Waals surface area contributed by atoms with Crippen molar-refractivity contribution in [3.05, 3.63) is 76.0 Å². The van der Waals surface area contributed by atoms with Crippen LogP contribution in [0.2, 0.25) is 10.0 Å². The number of anilines is 2. The summed E-state index contributed by atoms with van der Waals surface area (Å²) in [6.07, 6.45) is 0.730. The van der Waals surface area contributed by atoms with E-state index in [2.05, 4.69) is 36.7 Å². The van der Waals surface area contributed by atoms with Gasteiger partial charge in [-0.2, -0.15) is 0 Å². The van der Waals surface area contributed by atoms with Crippen molar-refractivity contribution in [3.8, 4) is 16.9 Å². The third-order valence-corrected chi connectivity index (χ3v) is 8.09. The molecule has 3 aromatic carbocycles. The van der Waals surface area contributed by atoms with E-state index in [4.69, 9.17) is 33.0 Å². The van der Waals surface area contributed by atoms with Gasteiger partial charge in [-0.15, -0.1) is 0 Å². The van der Waals surface area contributed by atoms with Crippen LogP contribution in [0.5, 0.6) is 5.75 Å². The number of halogens is 3. The fourth-order valence-corrected chi connectivity index (χ4v) is 6.33. The summed E-state index contributed by atoms with van der Waals surface area (Å²) in [6.45, 7) is 6.29. The predicted octanol–water partition coefficient (Wildman–Crippen LogP) is 6.17. The molecule has 0 saturated carbocycles. The van der Waals surface area contributed by atoms with Gasteiger partial charge in [0.1, 0.15) is 18.2 Å². The lowest BCUT2D eigenvalue weighted by atomic mass is 9.68. The monoisotopic (exact) mass is 599 g/mol. The zero-order chi connectivity index (χ0) is 29.5. The number of aliphatic hydroxyl groups excluding tert-OH is 1. The number of fused-ring (bicyclic) bond motifs is 2. The van der Waals surface area contributed by atoms with Crippen molar-refractivity contribution in [1.29, 1.82) is 0 Å². The number of rotatable bonds is 7. The topological polar surface area (TPSA) is 99.7 Å². The van der Waals surface area contributed by atoms with Crippen LogP contribution in [-0.2, 0) is 15.0 Å². The second kappa shape index (κ2) is 11.2. The van der Waals surface area contributed by atoms with Crippen LogP contribution in [-0.4, -0.2) is 42.2 Å². The van der Waals surface area contributed by atoms with E-state index >= 15 is 4.39 Å². The maximum absolute atomic E-state index is 15.4. The average Bonchev–Trinajstić information content (AvgIpc) is 3.41. The van der Waals surface area contributed by atoms with E-state index < -0.39 is 23.3 Å². The highest BCUT2D eigenvalue weighted by atomic mass is 35.5. The first-order valence-corrected chi connectivity index (χ1v) is 14.2. The number of carbonyl (C=O) groups excluding carboxylic acids is 2.